The maximum atomic E-state index is 13.7. The lowest BCUT2D eigenvalue weighted by Crippen LogP contribution is -2.27. The average molecular weight is 899 g/mol. The van der Waals surface area contributed by atoms with Crippen LogP contribution in [0.2, 0.25) is 0 Å². The molecule has 0 aliphatic rings. The maximum Gasteiger partial charge on any atom is 0.339 e. The summed E-state index contributed by atoms with van der Waals surface area (Å²) in [6.07, 6.45) is 3.00. The number of anilines is 3. The number of aromatic nitrogens is 3. The number of nitrogens with one attached hydrogen (secondary N) is 4. The molecule has 3 amide bonds. The van der Waals surface area contributed by atoms with Gasteiger partial charge in [-0.1, -0.05) is 36.4 Å². The molecule has 0 saturated carbocycles. The number of phenolic OH excluding ortho intramolecular Hbond substituents is 3. The number of carboxylic acids is 1. The second-order valence-corrected chi connectivity index (χ2v) is 14.7. The van der Waals surface area contributed by atoms with Gasteiger partial charge in [0.1, 0.15) is 17.1 Å². The lowest BCUT2D eigenvalue weighted by Gasteiger charge is -2.17. The Kier molecular flexibility index (Phi) is 14.4. The number of amides is 3. The summed E-state index contributed by atoms with van der Waals surface area (Å²) in [5, 5.41) is 68.9. The number of nitrogens with zero attached hydrogens (tertiary/aromatic N) is 2. The highest BCUT2D eigenvalue weighted by Gasteiger charge is 2.27. The Bertz CT molecular complexity index is 2860. The van der Waals surface area contributed by atoms with Crippen molar-refractivity contribution in [1.29, 1.82) is 0 Å². The molecule has 0 spiro atoms. The molecule has 6 rings (SSSR count). The van der Waals surface area contributed by atoms with Crippen LogP contribution in [0, 0.1) is 5.92 Å². The fraction of sp³-hybridized carbons (Fsp3) is 0.149. The number of phenols is 4. The quantitative estimate of drug-likeness (QED) is 0.0346. The molecule has 9 N–H and O–H groups in total. The average Bonchev–Trinajstić information content (AvgIpc) is 3.80. The molecule has 0 bridgehead atoms. The number of carbonyl (C=O) groups excluding carboxylic acids is 5. The van der Waals surface area contributed by atoms with Crippen LogP contribution in [0.5, 0.6) is 34.5 Å². The molecule has 0 saturated heterocycles. The van der Waals surface area contributed by atoms with Crippen LogP contribution in [-0.2, 0) is 22.4 Å². The van der Waals surface area contributed by atoms with E-state index in [-0.39, 0.29) is 76.3 Å². The van der Waals surface area contributed by atoms with Gasteiger partial charge in [0.05, 0.1) is 54.5 Å². The van der Waals surface area contributed by atoms with Crippen molar-refractivity contribution in [3.8, 4) is 34.5 Å². The van der Waals surface area contributed by atoms with Gasteiger partial charge in [0.2, 0.25) is 5.91 Å². The van der Waals surface area contributed by atoms with Gasteiger partial charge < -0.3 is 51.0 Å². The molecule has 0 fully saturated rings. The van der Waals surface area contributed by atoms with Crippen molar-refractivity contribution in [2.45, 2.75) is 26.2 Å². The first-order chi connectivity index (χ1) is 31.6. The number of hydrogen-bond donors (Lipinski definition) is 9. The molecule has 0 aliphatic carbocycles. The van der Waals surface area contributed by atoms with Gasteiger partial charge >= 0.3 is 5.97 Å². The topological polar surface area (TPSA) is 300 Å². The molecular weight excluding hydrogens is 857 g/mol. The monoisotopic (exact) mass is 898 g/mol. The molecule has 0 aliphatic heterocycles. The van der Waals surface area contributed by atoms with E-state index < -0.39 is 52.4 Å². The van der Waals surface area contributed by atoms with Gasteiger partial charge in [-0.3, -0.25) is 24.0 Å². The Balaban J connectivity index is 1.10. The van der Waals surface area contributed by atoms with Crippen molar-refractivity contribution in [3.05, 3.63) is 142 Å². The van der Waals surface area contributed by atoms with Crippen molar-refractivity contribution in [2.24, 2.45) is 5.92 Å². The largest absolute Gasteiger partial charge is 0.508 e. The van der Waals surface area contributed by atoms with Crippen LogP contribution in [0.1, 0.15) is 71.6 Å². The first-order valence-corrected chi connectivity index (χ1v) is 19.8. The molecule has 19 heteroatoms. The molecule has 19 nitrogen and oxygen atoms in total. The molecule has 1 heterocycles. The number of H-pyrrole nitrogens is 1. The fourth-order valence-corrected chi connectivity index (χ4v) is 6.74. The summed E-state index contributed by atoms with van der Waals surface area (Å²) < 4.78 is 10.3. The van der Waals surface area contributed by atoms with E-state index in [1.165, 1.54) is 49.7 Å². The van der Waals surface area contributed by atoms with E-state index in [0.29, 0.717) is 22.4 Å². The molecule has 66 heavy (non-hydrogen) atoms. The highest BCUT2D eigenvalue weighted by atomic mass is 16.5. The molecule has 6 aromatic rings. The van der Waals surface area contributed by atoms with Crippen LogP contribution < -0.4 is 25.4 Å². The summed E-state index contributed by atoms with van der Waals surface area (Å²) >= 11 is 0. The minimum Gasteiger partial charge on any atom is -0.508 e. The van der Waals surface area contributed by atoms with Gasteiger partial charge in [-0.05, 0) is 78.2 Å². The lowest BCUT2D eigenvalue weighted by molar-refractivity contribution is -0.120. The molecule has 338 valence electrons. The lowest BCUT2D eigenvalue weighted by atomic mass is 9.92. The minimum absolute atomic E-state index is 0.0204. The van der Waals surface area contributed by atoms with Gasteiger partial charge in [-0.15, -0.1) is 0 Å². The molecule has 0 radical (unpaired) electrons. The summed E-state index contributed by atoms with van der Waals surface area (Å²) in [7, 11) is 2.32. The summed E-state index contributed by atoms with van der Waals surface area (Å²) in [4.78, 5) is 78.1. The second-order valence-electron chi connectivity index (χ2n) is 14.7. The number of aromatic hydroxyl groups is 4. The second kappa shape index (κ2) is 20.5. The molecule has 1 aromatic heterocycles. The number of benzene rings is 5. The van der Waals surface area contributed by atoms with Crippen LogP contribution in [-0.4, -0.2) is 90.4 Å². The number of carbonyl (C=O) groups is 6. The Morgan fingerprint density at radius 2 is 1.32 bits per heavy atom. The van der Waals surface area contributed by atoms with Gasteiger partial charge in [-0.2, -0.15) is 15.4 Å². The van der Waals surface area contributed by atoms with Crippen molar-refractivity contribution >= 4 is 58.4 Å². The van der Waals surface area contributed by atoms with Gasteiger partial charge in [-0.25, -0.2) is 4.79 Å². The number of allylic oxidation sites excluding steroid dienone is 1. The van der Waals surface area contributed by atoms with E-state index in [1.54, 1.807) is 49.4 Å². The van der Waals surface area contributed by atoms with E-state index >= 15 is 0 Å². The number of rotatable bonds is 18. The van der Waals surface area contributed by atoms with Crippen LogP contribution in [0.25, 0.3) is 6.08 Å². The molecular formula is C47H42N6O13. The van der Waals surface area contributed by atoms with Crippen LogP contribution in [0.15, 0.2) is 103 Å². The Morgan fingerprint density at radius 1 is 0.727 bits per heavy atom. The Morgan fingerprint density at radius 3 is 1.89 bits per heavy atom. The highest BCUT2D eigenvalue weighted by Crippen LogP contribution is 2.41. The minimum atomic E-state index is -1.44. The molecule has 1 unspecified atom stereocenters. The molecule has 1 atom stereocenters. The number of carboxylic acid groups (broad SMARTS) is 1. The zero-order chi connectivity index (χ0) is 47.7. The smallest absolute Gasteiger partial charge is 0.339 e. The summed E-state index contributed by atoms with van der Waals surface area (Å²) in [6, 6.07) is 21.2. The summed E-state index contributed by atoms with van der Waals surface area (Å²) in [6.45, 7) is 1.70. The van der Waals surface area contributed by atoms with Crippen molar-refractivity contribution in [3.63, 3.8) is 0 Å². The van der Waals surface area contributed by atoms with Crippen molar-refractivity contribution < 1.29 is 63.8 Å². The third kappa shape index (κ3) is 11.0. The number of aromatic amines is 1. The zero-order valence-electron chi connectivity index (χ0n) is 35.4. The normalized spacial score (nSPS) is 11.5. The number of hydrogen-bond acceptors (Lipinski definition) is 14. The molecule has 5 aromatic carbocycles. The van der Waals surface area contributed by atoms with Gasteiger partial charge in [0.25, 0.3) is 11.8 Å². The van der Waals surface area contributed by atoms with E-state index in [2.05, 4.69) is 31.4 Å². The number of aromatic carboxylic acids is 1. The van der Waals surface area contributed by atoms with Crippen LogP contribution >= 0.6 is 0 Å². The van der Waals surface area contributed by atoms with E-state index in [0.717, 1.165) is 30.9 Å². The standard InChI is InChI=1S/C47H42N6O13/c1-24(18-25-6-11-31(54)12-7-25)37(55)19-26-4-8-27(9-5-26)38(56)21-28(20-30-23-48-53-52-30)44(60)49-29-10-13-32(39(57)22-29)45(61)50-35-16-14-33(40(58)42(35)65-2)46(62)51-36-17-15-34(47(63)64)41(59)43(36)66-3/h4-18,22-23,28,54,57-59H,19-21H2,1-3H3,(H,49,60)(H,50,61)(H,51,62)(H,63,64)(H,48,52,53)/b24-18+. The van der Waals surface area contributed by atoms with E-state index in [9.17, 15) is 54.3 Å². The van der Waals surface area contributed by atoms with Gasteiger partial charge in [0, 0.05) is 36.6 Å². The number of ether oxygens (including phenoxy) is 2. The first-order valence-electron chi connectivity index (χ1n) is 19.8. The third-order valence-corrected chi connectivity index (χ3v) is 10.2. The Labute approximate surface area is 375 Å². The van der Waals surface area contributed by atoms with E-state index in [4.69, 9.17) is 9.47 Å². The maximum absolute atomic E-state index is 13.7. The Hall–Kier alpha value is -9.00. The fourth-order valence-electron chi connectivity index (χ4n) is 6.74. The number of ketones is 2. The summed E-state index contributed by atoms with van der Waals surface area (Å²) in [5.74, 6) is -7.82. The number of Topliss-reactive ketones (excluding diaryl/α,β-unsaturated/α-hetero) is 2. The SMILES string of the molecule is COc1c(NC(=O)c2ccc(NC(=O)c3ccc(NC(=O)C(CC(=O)c4ccc(CC(=O)/C(C)=C/c5ccc(O)cc5)cc4)Cc4cn[nH]n4)cc3O)c(OC)c2O)ccc(C(=O)O)c1O. The summed E-state index contributed by atoms with van der Waals surface area (Å²) in [5.41, 5.74) is 1.46. The third-order valence-electron chi connectivity index (χ3n) is 10.2. The predicted octanol–water partition coefficient (Wildman–Crippen LogP) is 6.13. The number of methoxy groups -OCH3 is 2. The van der Waals surface area contributed by atoms with Crippen LogP contribution in [0.4, 0.5) is 17.1 Å². The van der Waals surface area contributed by atoms with Crippen LogP contribution in [0.3, 0.4) is 0 Å². The zero-order valence-corrected chi connectivity index (χ0v) is 35.4. The highest BCUT2D eigenvalue weighted by molar-refractivity contribution is 6.11. The van der Waals surface area contributed by atoms with Gasteiger partial charge in [0.15, 0.2) is 34.6 Å². The van der Waals surface area contributed by atoms with Crippen molar-refractivity contribution in [1.82, 2.24) is 15.4 Å². The van der Waals surface area contributed by atoms with Crippen molar-refractivity contribution in [2.75, 3.05) is 30.2 Å². The predicted molar refractivity (Wildman–Crippen MR) is 238 cm³/mol. The van der Waals surface area contributed by atoms with E-state index in [1.807, 2.05) is 0 Å². The first kappa shape index (κ1) is 46.5.